The van der Waals surface area contributed by atoms with Crippen LogP contribution in [0.3, 0.4) is 0 Å². The predicted molar refractivity (Wildman–Crippen MR) is 123 cm³/mol. The van der Waals surface area contributed by atoms with Crippen LogP contribution in [0.2, 0.25) is 0 Å². The summed E-state index contributed by atoms with van der Waals surface area (Å²) in [5, 5.41) is 20.7. The highest BCUT2D eigenvalue weighted by Crippen LogP contribution is 2.31. The molecule has 35 heavy (non-hydrogen) atoms. The number of ether oxygens (including phenoxy) is 1. The number of nitrogens with one attached hydrogen (secondary N) is 2. The maximum Gasteiger partial charge on any atom is 0.573 e. The van der Waals surface area contributed by atoms with E-state index in [-0.39, 0.29) is 23.5 Å². The van der Waals surface area contributed by atoms with E-state index in [4.69, 9.17) is 0 Å². The fraction of sp³-hybridized carbons (Fsp3) is 0.318. The number of carbonyl (C=O) groups excluding carboxylic acids is 1. The van der Waals surface area contributed by atoms with Crippen LogP contribution < -0.4 is 15.0 Å². The van der Waals surface area contributed by atoms with Crippen LogP contribution in [0.1, 0.15) is 41.4 Å². The molecule has 10 nitrogen and oxygen atoms in total. The van der Waals surface area contributed by atoms with E-state index in [9.17, 15) is 28.1 Å². The number of benzene rings is 2. The highest BCUT2D eigenvalue weighted by atomic mass is 19.4. The van der Waals surface area contributed by atoms with Crippen LogP contribution in [0.4, 0.5) is 30.2 Å². The van der Waals surface area contributed by atoms with Gasteiger partial charge in [-0.25, -0.2) is 4.98 Å². The molecule has 0 aliphatic heterocycles. The molecular weight excluding hydrogens is 469 g/mol. The molecule has 188 valence electrons. The molecule has 1 heterocycles. The second kappa shape index (κ2) is 11.3. The average Bonchev–Trinajstić information content (AvgIpc) is 3.19. The van der Waals surface area contributed by atoms with Crippen molar-refractivity contribution >= 4 is 23.0 Å². The van der Waals surface area contributed by atoms with Gasteiger partial charge in [-0.05, 0) is 44.2 Å². The molecule has 13 heteroatoms. The molecule has 0 aliphatic carbocycles. The minimum atomic E-state index is -4.84. The number of halogens is 3. The average molecular weight is 494 g/mol. The lowest BCUT2D eigenvalue weighted by Gasteiger charge is -2.21. The Morgan fingerprint density at radius 1 is 1.20 bits per heavy atom. The standard InChI is InChI=1S/C20H19F3N6O4.C2H6/c1-11-8-17(28(3)10-18-24-12(2)26-27-18)15(9-16(11)29(31)32)19(30)25-13-4-6-14(7-5-13)33-20(21,22)23;1-2/h4-9H,10H2,1-3H3,(H,25,30)(H,24,26,27);1-2H3. The van der Waals surface area contributed by atoms with Gasteiger partial charge in [-0.3, -0.25) is 20.0 Å². The number of aromatic nitrogens is 3. The van der Waals surface area contributed by atoms with Gasteiger partial charge in [0.25, 0.3) is 11.6 Å². The molecular formula is C22H25F3N6O4. The summed E-state index contributed by atoms with van der Waals surface area (Å²) < 4.78 is 40.8. The molecule has 0 unspecified atom stereocenters. The Bertz CT molecular complexity index is 1180. The molecule has 3 rings (SSSR count). The quantitative estimate of drug-likeness (QED) is 0.344. The number of hydrogen-bond acceptors (Lipinski definition) is 7. The number of nitrogens with zero attached hydrogens (tertiary/aromatic N) is 4. The van der Waals surface area contributed by atoms with E-state index in [1.165, 1.54) is 18.2 Å². The van der Waals surface area contributed by atoms with E-state index in [0.29, 0.717) is 22.9 Å². The Kier molecular flexibility index (Phi) is 8.75. The largest absolute Gasteiger partial charge is 0.573 e. The summed E-state index contributed by atoms with van der Waals surface area (Å²) in [7, 11) is 1.67. The maximum atomic E-state index is 13.0. The number of aryl methyl sites for hydroxylation is 2. The minimum Gasteiger partial charge on any atom is -0.406 e. The number of hydrogen-bond donors (Lipinski definition) is 2. The smallest absolute Gasteiger partial charge is 0.406 e. The summed E-state index contributed by atoms with van der Waals surface area (Å²) in [5.74, 6) is -0.0730. The van der Waals surface area contributed by atoms with Crippen molar-refractivity contribution in [1.82, 2.24) is 15.2 Å². The minimum absolute atomic E-state index is 0.00215. The number of carbonyl (C=O) groups is 1. The Labute approximate surface area is 199 Å². The molecule has 0 fully saturated rings. The molecule has 1 amide bonds. The molecule has 3 aromatic rings. The van der Waals surface area contributed by atoms with Crippen molar-refractivity contribution in [2.45, 2.75) is 40.6 Å². The summed E-state index contributed by atoms with van der Waals surface area (Å²) >= 11 is 0. The molecule has 0 saturated heterocycles. The topological polar surface area (TPSA) is 126 Å². The third-order valence-corrected chi connectivity index (χ3v) is 4.53. The van der Waals surface area contributed by atoms with Gasteiger partial charge in [0.05, 0.1) is 22.7 Å². The van der Waals surface area contributed by atoms with Crippen molar-refractivity contribution in [2.75, 3.05) is 17.3 Å². The fourth-order valence-electron chi connectivity index (χ4n) is 3.07. The highest BCUT2D eigenvalue weighted by Gasteiger charge is 2.31. The van der Waals surface area contributed by atoms with Crippen molar-refractivity contribution in [3.8, 4) is 5.75 Å². The van der Waals surface area contributed by atoms with Crippen molar-refractivity contribution in [1.29, 1.82) is 0 Å². The van der Waals surface area contributed by atoms with Gasteiger partial charge in [0, 0.05) is 24.4 Å². The molecule has 0 radical (unpaired) electrons. The van der Waals surface area contributed by atoms with Gasteiger partial charge in [-0.15, -0.1) is 13.2 Å². The summed E-state index contributed by atoms with van der Waals surface area (Å²) in [5.41, 5.74) is 0.655. The Balaban J connectivity index is 0.00000210. The predicted octanol–water partition coefficient (Wildman–Crippen LogP) is 5.14. The van der Waals surface area contributed by atoms with E-state index in [1.54, 1.807) is 25.8 Å². The first kappa shape index (κ1) is 27.1. The third-order valence-electron chi connectivity index (χ3n) is 4.53. The van der Waals surface area contributed by atoms with Gasteiger partial charge in [0.2, 0.25) is 0 Å². The van der Waals surface area contributed by atoms with E-state index in [1.807, 2.05) is 13.8 Å². The summed E-state index contributed by atoms with van der Waals surface area (Å²) in [6.45, 7) is 7.50. The molecule has 1 aromatic heterocycles. The number of amides is 1. The molecule has 0 aliphatic rings. The van der Waals surface area contributed by atoms with E-state index in [2.05, 4.69) is 25.2 Å². The van der Waals surface area contributed by atoms with Gasteiger partial charge in [-0.1, -0.05) is 13.8 Å². The van der Waals surface area contributed by atoms with Gasteiger partial charge in [0.1, 0.15) is 11.6 Å². The SMILES string of the molecule is CC.Cc1nc(CN(C)c2cc(C)c([N+](=O)[O-])cc2C(=O)Nc2ccc(OC(F)(F)F)cc2)n[nH]1. The van der Waals surface area contributed by atoms with Crippen molar-refractivity contribution in [3.63, 3.8) is 0 Å². The van der Waals surface area contributed by atoms with Crippen molar-refractivity contribution < 1.29 is 27.6 Å². The number of nitro benzene ring substituents is 1. The Morgan fingerprint density at radius 2 is 1.83 bits per heavy atom. The van der Waals surface area contributed by atoms with Gasteiger partial charge in [-0.2, -0.15) is 5.10 Å². The Hall–Kier alpha value is -4.16. The van der Waals surface area contributed by atoms with Crippen LogP contribution in [0.15, 0.2) is 36.4 Å². The summed E-state index contributed by atoms with van der Waals surface area (Å²) in [6, 6.07) is 7.19. The zero-order valence-electron chi connectivity index (χ0n) is 19.7. The van der Waals surface area contributed by atoms with Crippen LogP contribution in [0.25, 0.3) is 0 Å². The number of H-pyrrole nitrogens is 1. The highest BCUT2D eigenvalue weighted by molar-refractivity contribution is 6.08. The molecule has 0 spiro atoms. The first-order chi connectivity index (χ1) is 16.4. The number of rotatable bonds is 7. The van der Waals surface area contributed by atoms with E-state index >= 15 is 0 Å². The Morgan fingerprint density at radius 3 is 2.34 bits per heavy atom. The molecule has 0 bridgehead atoms. The monoisotopic (exact) mass is 494 g/mol. The van der Waals surface area contributed by atoms with Crippen LogP contribution in [-0.4, -0.2) is 39.4 Å². The van der Waals surface area contributed by atoms with Crippen LogP contribution in [0.5, 0.6) is 5.75 Å². The van der Waals surface area contributed by atoms with Gasteiger partial charge >= 0.3 is 6.36 Å². The number of anilines is 2. The third kappa shape index (κ3) is 7.42. The molecule has 2 N–H and O–H groups in total. The van der Waals surface area contributed by atoms with E-state index in [0.717, 1.165) is 18.2 Å². The van der Waals surface area contributed by atoms with Gasteiger partial charge < -0.3 is 15.0 Å². The number of nitro groups is 1. The van der Waals surface area contributed by atoms with Crippen LogP contribution >= 0.6 is 0 Å². The number of alkyl halides is 3. The lowest BCUT2D eigenvalue weighted by Crippen LogP contribution is -2.23. The zero-order chi connectivity index (χ0) is 26.3. The first-order valence-corrected chi connectivity index (χ1v) is 10.5. The lowest BCUT2D eigenvalue weighted by atomic mass is 10.1. The fourth-order valence-corrected chi connectivity index (χ4v) is 3.07. The van der Waals surface area contributed by atoms with Crippen molar-refractivity contribution in [3.05, 3.63) is 69.3 Å². The summed E-state index contributed by atoms with van der Waals surface area (Å²) in [4.78, 5) is 29.7. The molecule has 2 aromatic carbocycles. The van der Waals surface area contributed by atoms with E-state index < -0.39 is 22.9 Å². The second-order valence-electron chi connectivity index (χ2n) is 7.13. The van der Waals surface area contributed by atoms with Crippen LogP contribution in [0, 0.1) is 24.0 Å². The molecule has 0 atom stereocenters. The normalized spacial score (nSPS) is 10.7. The van der Waals surface area contributed by atoms with Crippen molar-refractivity contribution in [2.24, 2.45) is 0 Å². The maximum absolute atomic E-state index is 13.0. The zero-order valence-corrected chi connectivity index (χ0v) is 19.7. The molecule has 0 saturated carbocycles. The summed E-state index contributed by atoms with van der Waals surface area (Å²) in [6.07, 6.45) is -4.84. The lowest BCUT2D eigenvalue weighted by molar-refractivity contribution is -0.385. The van der Waals surface area contributed by atoms with Gasteiger partial charge in [0.15, 0.2) is 5.82 Å². The second-order valence-corrected chi connectivity index (χ2v) is 7.13. The first-order valence-electron chi connectivity index (χ1n) is 10.5. The number of aromatic amines is 1. The van der Waals surface area contributed by atoms with Crippen LogP contribution in [-0.2, 0) is 6.54 Å².